The molecule has 0 spiro atoms. The number of aromatic amines is 1. The highest BCUT2D eigenvalue weighted by Gasteiger charge is 2.17. The molecule has 2 aromatic rings. The molecule has 26 heavy (non-hydrogen) atoms. The Morgan fingerprint density at radius 1 is 1.00 bits per heavy atom. The number of ketones is 1. The van der Waals surface area contributed by atoms with E-state index in [0.29, 0.717) is 39.6 Å². The standard InChI is InChI=1S/C19H21NO6/c1-10-17(11(2)20-18(10)19(22)23)13(21)7-6-12-8-15(25-4)16(26-5)9-14(12)24-3/h6-9,20H,1-5H3,(H,22,23)/p-1/b7-6+. The highest BCUT2D eigenvalue weighted by Crippen LogP contribution is 2.35. The minimum Gasteiger partial charge on any atom is -0.543 e. The van der Waals surface area contributed by atoms with Gasteiger partial charge in [-0.1, -0.05) is 0 Å². The van der Waals surface area contributed by atoms with Crippen LogP contribution in [0.2, 0.25) is 0 Å². The van der Waals surface area contributed by atoms with Crippen LogP contribution in [0.4, 0.5) is 0 Å². The van der Waals surface area contributed by atoms with Gasteiger partial charge in [-0.25, -0.2) is 0 Å². The number of methoxy groups -OCH3 is 3. The monoisotopic (exact) mass is 358 g/mol. The van der Waals surface area contributed by atoms with Crippen LogP contribution < -0.4 is 19.3 Å². The van der Waals surface area contributed by atoms with Crippen molar-refractivity contribution in [1.82, 2.24) is 4.98 Å². The maximum atomic E-state index is 12.6. The lowest BCUT2D eigenvalue weighted by Crippen LogP contribution is -2.23. The van der Waals surface area contributed by atoms with E-state index in [1.165, 1.54) is 27.4 Å². The third-order valence-electron chi connectivity index (χ3n) is 4.04. The predicted octanol–water partition coefficient (Wildman–Crippen LogP) is 1.92. The van der Waals surface area contributed by atoms with Crippen LogP contribution in [-0.4, -0.2) is 38.1 Å². The number of carbonyl (C=O) groups is 2. The molecule has 7 nitrogen and oxygen atoms in total. The van der Waals surface area contributed by atoms with E-state index in [2.05, 4.69) is 4.98 Å². The van der Waals surface area contributed by atoms with E-state index in [0.717, 1.165) is 0 Å². The van der Waals surface area contributed by atoms with Crippen LogP contribution in [0.15, 0.2) is 18.2 Å². The van der Waals surface area contributed by atoms with Crippen LogP contribution >= 0.6 is 0 Å². The zero-order chi connectivity index (χ0) is 19.4. The van der Waals surface area contributed by atoms with Crippen molar-refractivity contribution in [3.8, 4) is 17.2 Å². The second kappa shape index (κ2) is 7.77. The lowest BCUT2D eigenvalue weighted by molar-refractivity contribution is -0.255. The van der Waals surface area contributed by atoms with Crippen molar-refractivity contribution in [2.24, 2.45) is 0 Å². The van der Waals surface area contributed by atoms with Crippen molar-refractivity contribution in [3.63, 3.8) is 0 Å². The summed E-state index contributed by atoms with van der Waals surface area (Å²) in [6.07, 6.45) is 2.93. The summed E-state index contributed by atoms with van der Waals surface area (Å²) in [5, 5.41) is 11.1. The number of carboxylic acid groups (broad SMARTS) is 1. The van der Waals surface area contributed by atoms with Gasteiger partial charge in [0.25, 0.3) is 0 Å². The molecule has 0 aliphatic carbocycles. The summed E-state index contributed by atoms with van der Waals surface area (Å²) < 4.78 is 15.8. The fourth-order valence-corrected chi connectivity index (χ4v) is 2.76. The Hall–Kier alpha value is -3.22. The zero-order valence-electron chi connectivity index (χ0n) is 15.3. The van der Waals surface area contributed by atoms with Gasteiger partial charge in [0.15, 0.2) is 17.3 Å². The molecule has 1 N–H and O–H groups in total. The number of carboxylic acids is 1. The van der Waals surface area contributed by atoms with Gasteiger partial charge < -0.3 is 29.1 Å². The molecule has 0 bridgehead atoms. The molecule has 0 saturated carbocycles. The summed E-state index contributed by atoms with van der Waals surface area (Å²) in [6, 6.07) is 3.34. The molecule has 1 heterocycles. The Balaban J connectivity index is 2.41. The summed E-state index contributed by atoms with van der Waals surface area (Å²) in [7, 11) is 4.53. The number of ether oxygens (including phenoxy) is 3. The fourth-order valence-electron chi connectivity index (χ4n) is 2.76. The van der Waals surface area contributed by atoms with E-state index in [-0.39, 0.29) is 11.5 Å². The number of aromatic carboxylic acids is 1. The van der Waals surface area contributed by atoms with Crippen molar-refractivity contribution >= 4 is 17.8 Å². The molecule has 0 atom stereocenters. The topological polar surface area (TPSA) is 101 Å². The number of H-pyrrole nitrogens is 1. The fraction of sp³-hybridized carbons (Fsp3) is 0.263. The second-order valence-corrected chi connectivity index (χ2v) is 5.56. The van der Waals surface area contributed by atoms with E-state index in [1.807, 2.05) is 0 Å². The summed E-state index contributed by atoms with van der Waals surface area (Å²) in [6.45, 7) is 3.20. The van der Waals surface area contributed by atoms with Crippen molar-refractivity contribution in [2.75, 3.05) is 21.3 Å². The third-order valence-corrected chi connectivity index (χ3v) is 4.04. The molecule has 0 amide bonds. The zero-order valence-corrected chi connectivity index (χ0v) is 15.3. The molecule has 0 radical (unpaired) electrons. The Labute approximate surface area is 151 Å². The smallest absolute Gasteiger partial charge is 0.187 e. The first kappa shape index (κ1) is 19.1. The van der Waals surface area contributed by atoms with Crippen molar-refractivity contribution in [1.29, 1.82) is 0 Å². The number of aromatic nitrogens is 1. The second-order valence-electron chi connectivity index (χ2n) is 5.56. The summed E-state index contributed by atoms with van der Waals surface area (Å²) in [4.78, 5) is 26.3. The van der Waals surface area contributed by atoms with Gasteiger partial charge in [-0.05, 0) is 37.6 Å². The van der Waals surface area contributed by atoms with Gasteiger partial charge in [0.1, 0.15) is 5.75 Å². The largest absolute Gasteiger partial charge is 0.543 e. The molecule has 138 valence electrons. The number of aryl methyl sites for hydroxylation is 1. The maximum absolute atomic E-state index is 12.6. The highest BCUT2D eigenvalue weighted by atomic mass is 16.5. The Kier molecular flexibility index (Phi) is 5.71. The molecule has 1 aromatic carbocycles. The van der Waals surface area contributed by atoms with Crippen molar-refractivity contribution in [3.05, 3.63) is 46.3 Å². The minimum atomic E-state index is -1.35. The summed E-state index contributed by atoms with van der Waals surface area (Å²) >= 11 is 0. The molecule has 0 unspecified atom stereocenters. The quantitative estimate of drug-likeness (QED) is 0.599. The maximum Gasteiger partial charge on any atom is 0.187 e. The minimum absolute atomic E-state index is 0.0945. The van der Waals surface area contributed by atoms with Gasteiger partial charge in [0, 0.05) is 22.9 Å². The summed E-state index contributed by atoms with van der Waals surface area (Å²) in [5.74, 6) is -0.183. The molecule has 0 aliphatic heterocycles. The Morgan fingerprint density at radius 2 is 1.58 bits per heavy atom. The average Bonchev–Trinajstić information content (AvgIpc) is 2.93. The molecule has 2 rings (SSSR count). The van der Waals surface area contributed by atoms with E-state index >= 15 is 0 Å². The lowest BCUT2D eigenvalue weighted by atomic mass is 10.0. The third kappa shape index (κ3) is 3.56. The molecular formula is C19H20NO6-. The van der Waals surface area contributed by atoms with E-state index in [1.54, 1.807) is 32.1 Å². The Morgan fingerprint density at radius 3 is 2.08 bits per heavy atom. The van der Waals surface area contributed by atoms with Gasteiger partial charge in [0.05, 0.1) is 33.0 Å². The van der Waals surface area contributed by atoms with Crippen LogP contribution in [0.25, 0.3) is 6.08 Å². The van der Waals surface area contributed by atoms with E-state index in [9.17, 15) is 14.7 Å². The number of nitrogens with one attached hydrogen (secondary N) is 1. The van der Waals surface area contributed by atoms with Gasteiger partial charge >= 0.3 is 0 Å². The van der Waals surface area contributed by atoms with Crippen molar-refractivity contribution in [2.45, 2.75) is 13.8 Å². The first-order chi connectivity index (χ1) is 12.3. The number of rotatable bonds is 7. The van der Waals surface area contributed by atoms with Crippen LogP contribution in [0, 0.1) is 13.8 Å². The normalized spacial score (nSPS) is 10.8. The van der Waals surface area contributed by atoms with Gasteiger partial charge in [0.2, 0.25) is 0 Å². The molecule has 0 aliphatic rings. The van der Waals surface area contributed by atoms with E-state index in [4.69, 9.17) is 14.2 Å². The van der Waals surface area contributed by atoms with Gasteiger partial charge in [-0.3, -0.25) is 4.79 Å². The number of allylic oxidation sites excluding steroid dienone is 1. The lowest BCUT2D eigenvalue weighted by Gasteiger charge is -2.12. The summed E-state index contributed by atoms with van der Waals surface area (Å²) in [5.41, 5.74) is 1.64. The molecule has 0 saturated heterocycles. The van der Waals surface area contributed by atoms with Gasteiger partial charge in [-0.2, -0.15) is 0 Å². The highest BCUT2D eigenvalue weighted by molar-refractivity contribution is 6.10. The van der Waals surface area contributed by atoms with Crippen LogP contribution in [0.1, 0.15) is 37.7 Å². The van der Waals surface area contributed by atoms with Gasteiger partial charge in [-0.15, -0.1) is 0 Å². The first-order valence-electron chi connectivity index (χ1n) is 7.76. The SMILES string of the molecule is COc1cc(OC)c(OC)cc1/C=C/C(=O)c1c(C)[nH]c(C(=O)[O-])c1C. The number of hydrogen-bond acceptors (Lipinski definition) is 6. The molecule has 1 aromatic heterocycles. The van der Waals surface area contributed by atoms with Crippen LogP contribution in [0.5, 0.6) is 17.2 Å². The van der Waals surface area contributed by atoms with Crippen LogP contribution in [-0.2, 0) is 0 Å². The Bertz CT molecular complexity index is 879. The van der Waals surface area contributed by atoms with Crippen LogP contribution in [0.3, 0.4) is 0 Å². The predicted molar refractivity (Wildman–Crippen MR) is 94.1 cm³/mol. The number of hydrogen-bond donors (Lipinski definition) is 1. The number of benzene rings is 1. The average molecular weight is 358 g/mol. The first-order valence-corrected chi connectivity index (χ1v) is 7.76. The van der Waals surface area contributed by atoms with E-state index < -0.39 is 5.97 Å². The molecule has 7 heteroatoms. The molecule has 0 fully saturated rings. The molecular weight excluding hydrogens is 338 g/mol. The van der Waals surface area contributed by atoms with Crippen molar-refractivity contribution < 1.29 is 28.9 Å². The number of carbonyl (C=O) groups excluding carboxylic acids is 2.